The fraction of sp³-hybridized carbons (Fsp3) is 0.323. The molecule has 1 aliphatic carbocycles. The van der Waals surface area contributed by atoms with Crippen molar-refractivity contribution in [2.45, 2.75) is 46.0 Å². The lowest BCUT2D eigenvalue weighted by atomic mass is 9.95. The maximum Gasteiger partial charge on any atom is 0.343 e. The van der Waals surface area contributed by atoms with Crippen LogP contribution in [0.15, 0.2) is 47.6 Å². The van der Waals surface area contributed by atoms with Crippen molar-refractivity contribution in [2.24, 2.45) is 5.10 Å². The molecule has 12 heteroatoms. The number of methoxy groups -OCH3 is 1. The maximum absolute atomic E-state index is 12.6. The van der Waals surface area contributed by atoms with Gasteiger partial charge in [0, 0.05) is 4.88 Å². The van der Waals surface area contributed by atoms with Gasteiger partial charge in [0.25, 0.3) is 0 Å². The molecule has 0 bridgehead atoms. The number of thiophene rings is 1. The Kier molecular flexibility index (Phi) is 10.9. The molecule has 0 unspecified atom stereocenters. The Morgan fingerprint density at radius 2 is 1.72 bits per heavy atom. The Morgan fingerprint density at radius 3 is 2.44 bits per heavy atom. The van der Waals surface area contributed by atoms with E-state index in [1.165, 1.54) is 30.7 Å². The molecule has 0 fully saturated rings. The Balaban J connectivity index is 1.36. The monoisotopic (exact) mass is 607 g/mol. The van der Waals surface area contributed by atoms with Crippen molar-refractivity contribution >= 4 is 46.3 Å². The van der Waals surface area contributed by atoms with Crippen LogP contribution < -0.4 is 25.0 Å². The first-order valence-electron chi connectivity index (χ1n) is 13.9. The number of ether oxygens (including phenoxy) is 4. The fourth-order valence-corrected chi connectivity index (χ4v) is 5.64. The van der Waals surface area contributed by atoms with Crippen LogP contribution >= 0.6 is 11.3 Å². The topological polar surface area (TPSA) is 142 Å². The number of hydrazone groups is 1. The van der Waals surface area contributed by atoms with Crippen LogP contribution in [0.3, 0.4) is 0 Å². The van der Waals surface area contributed by atoms with Gasteiger partial charge in [0.15, 0.2) is 11.5 Å². The van der Waals surface area contributed by atoms with E-state index in [4.69, 9.17) is 18.9 Å². The van der Waals surface area contributed by atoms with Gasteiger partial charge in [0.1, 0.15) is 10.8 Å². The number of esters is 2. The second-order valence-electron chi connectivity index (χ2n) is 9.46. The standard InChI is InChI=1S/C31H33N3O8S/c1-4-16-41-21-13-11-20(12-14-21)30(37)42-23-15-10-19(17-24(23)39-3)18-32-34-28(36)27(35)33-29-26(31(38)40-5-2)22-8-6-7-9-25(22)43-29/h10-15,17-18H,4-9,16H2,1-3H3,(H,33,35)(H,34,36)/b32-18+. The average Bonchev–Trinajstić information content (AvgIpc) is 3.38. The maximum atomic E-state index is 12.6. The number of fused-ring (bicyclic) bond motifs is 1. The lowest BCUT2D eigenvalue weighted by molar-refractivity contribution is -0.136. The summed E-state index contributed by atoms with van der Waals surface area (Å²) >= 11 is 1.29. The molecule has 2 N–H and O–H groups in total. The van der Waals surface area contributed by atoms with E-state index in [0.29, 0.717) is 34.0 Å². The molecule has 0 aliphatic heterocycles. The third-order valence-electron chi connectivity index (χ3n) is 6.42. The average molecular weight is 608 g/mol. The molecule has 0 spiro atoms. The Hall–Kier alpha value is -4.71. The van der Waals surface area contributed by atoms with Crippen LogP contribution in [0.2, 0.25) is 0 Å². The zero-order valence-corrected chi connectivity index (χ0v) is 25.0. The zero-order chi connectivity index (χ0) is 30.8. The summed E-state index contributed by atoms with van der Waals surface area (Å²) in [7, 11) is 1.42. The van der Waals surface area contributed by atoms with Crippen molar-refractivity contribution in [3.8, 4) is 17.2 Å². The first-order chi connectivity index (χ1) is 20.8. The molecule has 2 aromatic carbocycles. The number of hydrogen-bond donors (Lipinski definition) is 2. The first kappa shape index (κ1) is 31.2. The van der Waals surface area contributed by atoms with Gasteiger partial charge in [-0.25, -0.2) is 15.0 Å². The largest absolute Gasteiger partial charge is 0.494 e. The van der Waals surface area contributed by atoms with E-state index in [2.05, 4.69) is 15.8 Å². The summed E-state index contributed by atoms with van der Waals surface area (Å²) in [5.74, 6) is -1.96. The summed E-state index contributed by atoms with van der Waals surface area (Å²) < 4.78 is 21.6. The van der Waals surface area contributed by atoms with Gasteiger partial charge in [-0.2, -0.15) is 5.10 Å². The summed E-state index contributed by atoms with van der Waals surface area (Å²) in [6, 6.07) is 11.3. The third kappa shape index (κ3) is 7.98. The molecule has 4 rings (SSSR count). The zero-order valence-electron chi connectivity index (χ0n) is 24.2. The second kappa shape index (κ2) is 15.0. The van der Waals surface area contributed by atoms with Crippen molar-refractivity contribution in [1.82, 2.24) is 5.43 Å². The number of carbonyl (C=O) groups is 4. The van der Waals surface area contributed by atoms with Crippen LogP contribution in [0, 0.1) is 0 Å². The molecule has 0 saturated heterocycles. The third-order valence-corrected chi connectivity index (χ3v) is 7.62. The van der Waals surface area contributed by atoms with Crippen LogP contribution in [0.4, 0.5) is 5.00 Å². The number of benzene rings is 2. The van der Waals surface area contributed by atoms with E-state index in [9.17, 15) is 19.2 Å². The molecular weight excluding hydrogens is 574 g/mol. The van der Waals surface area contributed by atoms with Gasteiger partial charge in [0.2, 0.25) is 0 Å². The van der Waals surface area contributed by atoms with Gasteiger partial charge in [-0.05, 0) is 92.6 Å². The quantitative estimate of drug-likeness (QED) is 0.103. The van der Waals surface area contributed by atoms with Crippen molar-refractivity contribution in [1.29, 1.82) is 0 Å². The summed E-state index contributed by atoms with van der Waals surface area (Å²) in [4.78, 5) is 51.3. The second-order valence-corrected chi connectivity index (χ2v) is 10.6. The van der Waals surface area contributed by atoms with Gasteiger partial charge >= 0.3 is 23.8 Å². The molecular formula is C31H33N3O8S. The van der Waals surface area contributed by atoms with Gasteiger partial charge in [0.05, 0.1) is 37.7 Å². The van der Waals surface area contributed by atoms with Gasteiger partial charge in [-0.3, -0.25) is 9.59 Å². The minimum Gasteiger partial charge on any atom is -0.494 e. The SMILES string of the molecule is CCCOc1ccc(C(=O)Oc2ccc(/C=N/NC(=O)C(=O)Nc3sc4c(c3C(=O)OCC)CCCC4)cc2OC)cc1. The van der Waals surface area contributed by atoms with E-state index >= 15 is 0 Å². The summed E-state index contributed by atoms with van der Waals surface area (Å²) in [5, 5.41) is 6.69. The molecule has 3 aromatic rings. The van der Waals surface area contributed by atoms with Crippen molar-refractivity contribution < 1.29 is 38.1 Å². The number of amides is 2. The smallest absolute Gasteiger partial charge is 0.343 e. The predicted octanol–water partition coefficient (Wildman–Crippen LogP) is 4.91. The van der Waals surface area contributed by atoms with Crippen molar-refractivity contribution in [3.63, 3.8) is 0 Å². The highest BCUT2D eigenvalue weighted by atomic mass is 32.1. The summed E-state index contributed by atoms with van der Waals surface area (Å²) in [6.45, 7) is 4.50. The first-order valence-corrected chi connectivity index (χ1v) is 14.7. The molecule has 0 atom stereocenters. The summed E-state index contributed by atoms with van der Waals surface area (Å²) in [5.41, 5.74) is 4.22. The number of carbonyl (C=O) groups excluding carboxylic acids is 4. The van der Waals surface area contributed by atoms with Crippen LogP contribution in [0.1, 0.15) is 69.8 Å². The minimum absolute atomic E-state index is 0.190. The highest BCUT2D eigenvalue weighted by Crippen LogP contribution is 2.38. The normalized spacial score (nSPS) is 12.3. The van der Waals surface area contributed by atoms with Crippen LogP contribution in [0.5, 0.6) is 17.2 Å². The number of rotatable bonds is 11. The Morgan fingerprint density at radius 1 is 0.953 bits per heavy atom. The molecule has 11 nitrogen and oxygen atoms in total. The van der Waals surface area contributed by atoms with E-state index in [1.54, 1.807) is 43.3 Å². The van der Waals surface area contributed by atoms with Crippen LogP contribution in [-0.2, 0) is 27.2 Å². The number of aryl methyl sites for hydroxylation is 1. The summed E-state index contributed by atoms with van der Waals surface area (Å²) in [6.07, 6.45) is 5.65. The number of anilines is 1. The van der Waals surface area contributed by atoms with Crippen LogP contribution in [-0.4, -0.2) is 50.3 Å². The van der Waals surface area contributed by atoms with Gasteiger partial charge in [-0.15, -0.1) is 11.3 Å². The van der Waals surface area contributed by atoms with Gasteiger partial charge in [-0.1, -0.05) is 6.92 Å². The fourth-order valence-electron chi connectivity index (χ4n) is 4.36. The molecule has 2 amide bonds. The molecule has 1 heterocycles. The molecule has 0 radical (unpaired) electrons. The van der Waals surface area contributed by atoms with E-state index in [-0.39, 0.29) is 18.1 Å². The highest BCUT2D eigenvalue weighted by Gasteiger charge is 2.28. The van der Waals surface area contributed by atoms with Crippen molar-refractivity contribution in [2.75, 3.05) is 25.6 Å². The Bertz CT molecular complexity index is 1510. The number of hydrogen-bond acceptors (Lipinski definition) is 10. The molecule has 0 saturated carbocycles. The van der Waals surface area contributed by atoms with Gasteiger partial charge < -0.3 is 24.3 Å². The number of nitrogens with zero attached hydrogens (tertiary/aromatic N) is 1. The van der Waals surface area contributed by atoms with E-state index in [0.717, 1.165) is 42.5 Å². The van der Waals surface area contributed by atoms with Crippen molar-refractivity contribution in [3.05, 3.63) is 69.6 Å². The Labute approximate surface area is 253 Å². The lowest BCUT2D eigenvalue weighted by Gasteiger charge is -2.12. The molecule has 226 valence electrons. The van der Waals surface area contributed by atoms with E-state index in [1.807, 2.05) is 6.92 Å². The molecule has 1 aliphatic rings. The molecule has 1 aromatic heterocycles. The van der Waals surface area contributed by atoms with Crippen LogP contribution in [0.25, 0.3) is 0 Å². The minimum atomic E-state index is -1.01. The lowest BCUT2D eigenvalue weighted by Crippen LogP contribution is -2.32. The van der Waals surface area contributed by atoms with E-state index < -0.39 is 23.8 Å². The highest BCUT2D eigenvalue weighted by molar-refractivity contribution is 7.17. The predicted molar refractivity (Wildman–Crippen MR) is 161 cm³/mol. The number of nitrogens with one attached hydrogen (secondary N) is 2. The molecule has 43 heavy (non-hydrogen) atoms.